The number of nitriles is 1. The highest BCUT2D eigenvalue weighted by molar-refractivity contribution is 8.05. The molecule has 0 bridgehead atoms. The number of amides is 1. The highest BCUT2D eigenvalue weighted by Crippen LogP contribution is 2.39. The van der Waals surface area contributed by atoms with Crippen LogP contribution in [0.4, 0.5) is 5.69 Å². The molecule has 0 unspecified atom stereocenters. The van der Waals surface area contributed by atoms with Gasteiger partial charge in [0.05, 0.1) is 9.90 Å². The van der Waals surface area contributed by atoms with Crippen molar-refractivity contribution in [3.05, 3.63) is 10.4 Å². The van der Waals surface area contributed by atoms with Crippen LogP contribution in [0.25, 0.3) is 0 Å². The number of aryl methyl sites for hydroxylation is 1. The summed E-state index contributed by atoms with van der Waals surface area (Å²) in [6, 6.07) is 0. The molecule has 0 saturated carbocycles. The SMILES string of the molecule is CC(=O)Nc1c(SC#N)sc(C)c1C. The molecule has 14 heavy (non-hydrogen) atoms. The Morgan fingerprint density at radius 3 is 2.71 bits per heavy atom. The summed E-state index contributed by atoms with van der Waals surface area (Å²) in [7, 11) is 0. The first kappa shape index (κ1) is 11.1. The van der Waals surface area contributed by atoms with Crippen molar-refractivity contribution in [3.8, 4) is 5.40 Å². The fraction of sp³-hybridized carbons (Fsp3) is 0.333. The molecule has 1 aromatic heterocycles. The monoisotopic (exact) mass is 226 g/mol. The minimum atomic E-state index is -0.106. The molecule has 1 aromatic rings. The molecule has 0 aliphatic carbocycles. The van der Waals surface area contributed by atoms with E-state index in [2.05, 4.69) is 5.32 Å². The van der Waals surface area contributed by atoms with Crippen molar-refractivity contribution in [3.63, 3.8) is 0 Å². The molecule has 0 radical (unpaired) electrons. The van der Waals surface area contributed by atoms with Crippen molar-refractivity contribution in [2.75, 3.05) is 5.32 Å². The Morgan fingerprint density at radius 2 is 2.21 bits per heavy atom. The highest BCUT2D eigenvalue weighted by atomic mass is 32.2. The van der Waals surface area contributed by atoms with Crippen molar-refractivity contribution in [2.45, 2.75) is 25.0 Å². The molecule has 1 heterocycles. The molecule has 1 N–H and O–H groups in total. The Kier molecular flexibility index (Phi) is 3.55. The summed E-state index contributed by atoms with van der Waals surface area (Å²) in [6.45, 7) is 5.39. The zero-order valence-electron chi connectivity index (χ0n) is 8.17. The number of carbonyl (C=O) groups excluding carboxylic acids is 1. The zero-order valence-corrected chi connectivity index (χ0v) is 9.80. The third kappa shape index (κ3) is 2.28. The fourth-order valence-corrected chi connectivity index (χ4v) is 2.91. The van der Waals surface area contributed by atoms with Gasteiger partial charge in [-0.05, 0) is 19.4 Å². The Hall–Kier alpha value is -0.990. The third-order valence-electron chi connectivity index (χ3n) is 1.79. The second kappa shape index (κ2) is 4.49. The molecule has 0 atom stereocenters. The molecule has 1 rings (SSSR count). The summed E-state index contributed by atoms with van der Waals surface area (Å²) in [4.78, 5) is 12.1. The number of thioether (sulfide) groups is 1. The van der Waals surface area contributed by atoms with Crippen molar-refractivity contribution < 1.29 is 4.79 Å². The highest BCUT2D eigenvalue weighted by Gasteiger charge is 2.13. The molecular formula is C9H10N2OS2. The summed E-state index contributed by atoms with van der Waals surface area (Å²) in [5, 5.41) is 13.3. The van der Waals surface area contributed by atoms with E-state index in [9.17, 15) is 4.79 Å². The van der Waals surface area contributed by atoms with Gasteiger partial charge in [0.15, 0.2) is 0 Å². The van der Waals surface area contributed by atoms with Crippen LogP contribution in [0.5, 0.6) is 0 Å². The van der Waals surface area contributed by atoms with Crippen LogP contribution in [0.15, 0.2) is 4.21 Å². The maximum Gasteiger partial charge on any atom is 0.221 e. The number of nitrogens with zero attached hydrogens (tertiary/aromatic N) is 1. The van der Waals surface area contributed by atoms with Crippen LogP contribution in [0.1, 0.15) is 17.4 Å². The van der Waals surface area contributed by atoms with Gasteiger partial charge in [-0.1, -0.05) is 0 Å². The molecule has 74 valence electrons. The number of thiocyanates is 1. The quantitative estimate of drug-likeness (QED) is 0.623. The van der Waals surface area contributed by atoms with E-state index in [4.69, 9.17) is 5.26 Å². The summed E-state index contributed by atoms with van der Waals surface area (Å²) in [6.07, 6.45) is 0. The Labute approximate surface area is 91.1 Å². The van der Waals surface area contributed by atoms with Gasteiger partial charge in [0, 0.05) is 23.6 Å². The van der Waals surface area contributed by atoms with Crippen molar-refractivity contribution in [1.82, 2.24) is 0 Å². The lowest BCUT2D eigenvalue weighted by molar-refractivity contribution is -0.114. The second-order valence-electron chi connectivity index (χ2n) is 2.82. The normalized spacial score (nSPS) is 9.57. The lowest BCUT2D eigenvalue weighted by Gasteiger charge is -2.02. The average Bonchev–Trinajstić information content (AvgIpc) is 2.33. The lowest BCUT2D eigenvalue weighted by Crippen LogP contribution is -2.06. The molecule has 0 saturated heterocycles. The van der Waals surface area contributed by atoms with Crippen LogP contribution in [-0.4, -0.2) is 5.91 Å². The number of carbonyl (C=O) groups is 1. The van der Waals surface area contributed by atoms with Crippen LogP contribution in [0, 0.1) is 24.5 Å². The maximum absolute atomic E-state index is 10.9. The largest absolute Gasteiger partial charge is 0.324 e. The number of anilines is 1. The van der Waals surface area contributed by atoms with Gasteiger partial charge in [0.1, 0.15) is 5.40 Å². The van der Waals surface area contributed by atoms with E-state index in [-0.39, 0.29) is 5.91 Å². The smallest absolute Gasteiger partial charge is 0.221 e. The molecule has 0 spiro atoms. The zero-order chi connectivity index (χ0) is 10.7. The van der Waals surface area contributed by atoms with Gasteiger partial charge in [-0.2, -0.15) is 5.26 Å². The minimum Gasteiger partial charge on any atom is -0.324 e. The first-order valence-corrected chi connectivity index (χ1v) is 5.63. The number of nitrogens with one attached hydrogen (secondary N) is 1. The molecule has 0 fully saturated rings. The van der Waals surface area contributed by atoms with Crippen molar-refractivity contribution in [2.24, 2.45) is 0 Å². The van der Waals surface area contributed by atoms with Gasteiger partial charge in [-0.15, -0.1) is 11.3 Å². The molecule has 0 aliphatic rings. The Balaban J connectivity index is 3.10. The predicted octanol–water partition coefficient (Wildman–Crippen LogP) is 2.90. The Morgan fingerprint density at radius 1 is 1.57 bits per heavy atom. The van der Waals surface area contributed by atoms with E-state index in [1.54, 1.807) is 0 Å². The van der Waals surface area contributed by atoms with Crippen LogP contribution < -0.4 is 5.32 Å². The fourth-order valence-electron chi connectivity index (χ4n) is 1.03. The van der Waals surface area contributed by atoms with Gasteiger partial charge in [0.2, 0.25) is 5.91 Å². The summed E-state index contributed by atoms with van der Waals surface area (Å²) in [5.41, 5.74) is 1.83. The number of thiophene rings is 1. The van der Waals surface area contributed by atoms with Crippen molar-refractivity contribution >= 4 is 34.7 Å². The predicted molar refractivity (Wildman–Crippen MR) is 59.6 cm³/mol. The van der Waals surface area contributed by atoms with Crippen LogP contribution in [0.3, 0.4) is 0 Å². The van der Waals surface area contributed by atoms with Gasteiger partial charge in [-0.3, -0.25) is 4.79 Å². The lowest BCUT2D eigenvalue weighted by atomic mass is 10.2. The van der Waals surface area contributed by atoms with Gasteiger partial charge >= 0.3 is 0 Å². The van der Waals surface area contributed by atoms with Crippen molar-refractivity contribution in [1.29, 1.82) is 5.26 Å². The first-order chi connectivity index (χ1) is 6.56. The molecule has 0 aromatic carbocycles. The van der Waals surface area contributed by atoms with Gasteiger partial charge in [-0.25, -0.2) is 0 Å². The first-order valence-electron chi connectivity index (χ1n) is 3.99. The van der Waals surface area contributed by atoms with E-state index in [1.165, 1.54) is 18.3 Å². The third-order valence-corrected chi connectivity index (χ3v) is 3.78. The summed E-state index contributed by atoms with van der Waals surface area (Å²) < 4.78 is 0.859. The van der Waals surface area contributed by atoms with Crippen LogP contribution in [-0.2, 0) is 4.79 Å². The maximum atomic E-state index is 10.9. The minimum absolute atomic E-state index is 0.106. The van der Waals surface area contributed by atoms with Gasteiger partial charge in [0.25, 0.3) is 0 Å². The average molecular weight is 226 g/mol. The van der Waals surface area contributed by atoms with Crippen LogP contribution in [0.2, 0.25) is 0 Å². The molecule has 3 nitrogen and oxygen atoms in total. The topological polar surface area (TPSA) is 52.9 Å². The number of rotatable bonds is 2. The number of hydrogen-bond donors (Lipinski definition) is 1. The standard InChI is InChI=1S/C9H10N2OS2/c1-5-6(2)14-9(13-4-10)8(5)11-7(3)12/h1-3H3,(H,11,12). The van der Waals surface area contributed by atoms with E-state index in [0.717, 1.165) is 32.1 Å². The summed E-state index contributed by atoms with van der Waals surface area (Å²) >= 11 is 2.62. The van der Waals surface area contributed by atoms with Crippen LogP contribution >= 0.6 is 23.1 Å². The number of hydrogen-bond acceptors (Lipinski definition) is 4. The summed E-state index contributed by atoms with van der Waals surface area (Å²) in [5.74, 6) is -0.106. The molecule has 1 amide bonds. The van der Waals surface area contributed by atoms with E-state index in [1.807, 2.05) is 19.2 Å². The molecular weight excluding hydrogens is 216 g/mol. The molecule has 5 heteroatoms. The Bertz CT molecular complexity index is 404. The molecule has 0 aliphatic heterocycles. The van der Waals surface area contributed by atoms with Gasteiger partial charge < -0.3 is 5.32 Å². The van der Waals surface area contributed by atoms with E-state index < -0.39 is 0 Å². The van der Waals surface area contributed by atoms with E-state index in [0.29, 0.717) is 0 Å². The second-order valence-corrected chi connectivity index (χ2v) is 5.10. The van der Waals surface area contributed by atoms with E-state index >= 15 is 0 Å².